The number of anilines is 1. The van der Waals surface area contributed by atoms with Gasteiger partial charge in [-0.15, -0.1) is 0 Å². The summed E-state index contributed by atoms with van der Waals surface area (Å²) in [5.41, 5.74) is 6.45. The highest BCUT2D eigenvalue weighted by molar-refractivity contribution is 6.31. The summed E-state index contributed by atoms with van der Waals surface area (Å²) in [5.74, 6) is 0.407. The molecule has 0 aliphatic heterocycles. The molecule has 0 radical (unpaired) electrons. The van der Waals surface area contributed by atoms with Crippen LogP contribution in [0.3, 0.4) is 0 Å². The Morgan fingerprint density at radius 3 is 2.79 bits per heavy atom. The lowest BCUT2D eigenvalue weighted by Gasteiger charge is -2.01. The molecule has 0 bridgehead atoms. The number of rotatable bonds is 1. The van der Waals surface area contributed by atoms with E-state index in [2.05, 4.69) is 15.2 Å². The molecule has 0 unspecified atom stereocenters. The summed E-state index contributed by atoms with van der Waals surface area (Å²) in [6.45, 7) is 0. The lowest BCUT2D eigenvalue weighted by Crippen LogP contribution is -2.00. The van der Waals surface area contributed by atoms with Crippen LogP contribution in [0.2, 0.25) is 5.02 Å². The second-order valence-corrected chi connectivity index (χ2v) is 3.19. The third-order valence-electron chi connectivity index (χ3n) is 1.77. The highest BCUT2D eigenvalue weighted by Crippen LogP contribution is 2.24. The Morgan fingerprint density at radius 1 is 1.43 bits per heavy atom. The Bertz CT molecular complexity index is 516. The minimum Gasteiger partial charge on any atom is -0.398 e. The van der Waals surface area contributed by atoms with E-state index in [9.17, 15) is 4.79 Å². The first kappa shape index (κ1) is 8.83. The lowest BCUT2D eigenvalue weighted by molar-refractivity contribution is 1.05. The molecule has 0 atom stereocenters. The topological polar surface area (TPSA) is 87.6 Å². The fourth-order valence-electron chi connectivity index (χ4n) is 1.15. The van der Waals surface area contributed by atoms with Crippen molar-refractivity contribution < 1.29 is 0 Å². The molecule has 2 aromatic rings. The molecule has 4 N–H and O–H groups in total. The maximum Gasteiger partial charge on any atom is 0.340 e. The van der Waals surface area contributed by atoms with Crippen LogP contribution in [-0.4, -0.2) is 15.2 Å². The number of aromatic nitrogens is 3. The molecule has 0 aliphatic rings. The quantitative estimate of drug-likeness (QED) is 0.614. The number of nitrogen functional groups attached to an aromatic ring is 1. The van der Waals surface area contributed by atoms with Gasteiger partial charge in [-0.3, -0.25) is 4.98 Å². The molecule has 14 heavy (non-hydrogen) atoms. The first-order valence-electron chi connectivity index (χ1n) is 3.87. The predicted octanol–water partition coefficient (Wildman–Crippen LogP) is 1.00. The van der Waals surface area contributed by atoms with Crippen LogP contribution in [0.25, 0.3) is 11.4 Å². The highest BCUT2D eigenvalue weighted by atomic mass is 35.5. The van der Waals surface area contributed by atoms with Gasteiger partial charge in [-0.1, -0.05) is 11.6 Å². The molecule has 0 saturated carbocycles. The molecule has 0 fully saturated rings. The first-order valence-corrected chi connectivity index (χ1v) is 4.24. The maximum absolute atomic E-state index is 10.8. The number of benzene rings is 1. The summed E-state index contributed by atoms with van der Waals surface area (Å²) >= 11 is 5.73. The van der Waals surface area contributed by atoms with Crippen molar-refractivity contribution in [1.29, 1.82) is 0 Å². The van der Waals surface area contributed by atoms with E-state index in [4.69, 9.17) is 17.3 Å². The number of nitrogens with two attached hydrogens (primary N) is 1. The number of hydrogen-bond donors (Lipinski definition) is 3. The summed E-state index contributed by atoms with van der Waals surface area (Å²) in [6.07, 6.45) is 0. The van der Waals surface area contributed by atoms with Crippen LogP contribution < -0.4 is 11.4 Å². The maximum atomic E-state index is 10.8. The Labute approximate surface area is 83.9 Å². The van der Waals surface area contributed by atoms with E-state index >= 15 is 0 Å². The Morgan fingerprint density at radius 2 is 2.21 bits per heavy atom. The van der Waals surface area contributed by atoms with E-state index in [0.29, 0.717) is 22.1 Å². The SMILES string of the molecule is Nc1cc(Cl)ccc1-c1n[nH]c(=O)[nH]1. The zero-order chi connectivity index (χ0) is 10.1. The molecule has 0 saturated heterocycles. The Balaban J connectivity index is 2.57. The van der Waals surface area contributed by atoms with E-state index in [1.54, 1.807) is 18.2 Å². The van der Waals surface area contributed by atoms with Gasteiger partial charge >= 0.3 is 5.69 Å². The molecule has 0 spiro atoms. The largest absolute Gasteiger partial charge is 0.398 e. The number of halogens is 1. The standard InChI is InChI=1S/C8H7ClN4O/c9-4-1-2-5(6(10)3-4)7-11-8(14)13-12-7/h1-3H,10H2,(H2,11,12,13,14). The van der Waals surface area contributed by atoms with Crippen molar-refractivity contribution in [2.24, 2.45) is 0 Å². The average molecular weight is 211 g/mol. The Kier molecular flexibility index (Phi) is 2.01. The summed E-state index contributed by atoms with van der Waals surface area (Å²) in [5, 5.41) is 6.57. The second-order valence-electron chi connectivity index (χ2n) is 2.76. The van der Waals surface area contributed by atoms with E-state index in [-0.39, 0.29) is 5.69 Å². The van der Waals surface area contributed by atoms with Crippen LogP contribution in [0.5, 0.6) is 0 Å². The fraction of sp³-hybridized carbons (Fsp3) is 0. The summed E-state index contributed by atoms with van der Waals surface area (Å²) < 4.78 is 0. The van der Waals surface area contributed by atoms with E-state index in [1.807, 2.05) is 0 Å². The highest BCUT2D eigenvalue weighted by Gasteiger charge is 2.06. The van der Waals surface area contributed by atoms with E-state index in [0.717, 1.165) is 0 Å². The molecule has 6 heteroatoms. The van der Waals surface area contributed by atoms with Gasteiger partial charge in [0, 0.05) is 16.3 Å². The molecule has 1 heterocycles. The van der Waals surface area contributed by atoms with Crippen LogP contribution in [0, 0.1) is 0 Å². The Hall–Kier alpha value is -1.75. The van der Waals surface area contributed by atoms with Gasteiger partial charge in [-0.2, -0.15) is 5.10 Å². The van der Waals surface area contributed by atoms with Crippen LogP contribution in [0.15, 0.2) is 23.0 Å². The van der Waals surface area contributed by atoms with Crippen LogP contribution >= 0.6 is 11.6 Å². The van der Waals surface area contributed by atoms with E-state index < -0.39 is 0 Å². The molecule has 2 rings (SSSR count). The number of aromatic amines is 2. The van der Waals surface area contributed by atoms with Crippen LogP contribution in [0.4, 0.5) is 5.69 Å². The van der Waals surface area contributed by atoms with Gasteiger partial charge in [-0.25, -0.2) is 9.89 Å². The monoisotopic (exact) mass is 210 g/mol. The second kappa shape index (κ2) is 3.19. The van der Waals surface area contributed by atoms with Crippen LogP contribution in [0.1, 0.15) is 0 Å². The predicted molar refractivity (Wildman–Crippen MR) is 54.1 cm³/mol. The molecular weight excluding hydrogens is 204 g/mol. The average Bonchev–Trinajstić information content (AvgIpc) is 2.51. The van der Waals surface area contributed by atoms with Gasteiger partial charge in [0.2, 0.25) is 0 Å². The number of nitrogens with one attached hydrogen (secondary N) is 2. The van der Waals surface area contributed by atoms with Gasteiger partial charge < -0.3 is 5.73 Å². The smallest absolute Gasteiger partial charge is 0.340 e. The van der Waals surface area contributed by atoms with Crippen molar-refractivity contribution in [3.05, 3.63) is 33.7 Å². The fourth-order valence-corrected chi connectivity index (χ4v) is 1.33. The minimum atomic E-state index is -0.366. The lowest BCUT2D eigenvalue weighted by atomic mass is 10.2. The molecule has 72 valence electrons. The van der Waals surface area contributed by atoms with Crippen molar-refractivity contribution in [3.63, 3.8) is 0 Å². The zero-order valence-electron chi connectivity index (χ0n) is 7.04. The summed E-state index contributed by atoms with van der Waals surface area (Å²) in [6, 6.07) is 4.98. The number of nitrogens with zero attached hydrogens (tertiary/aromatic N) is 1. The van der Waals surface area contributed by atoms with Crippen molar-refractivity contribution in [3.8, 4) is 11.4 Å². The van der Waals surface area contributed by atoms with Crippen molar-refractivity contribution >= 4 is 17.3 Å². The molecule has 0 aliphatic carbocycles. The zero-order valence-corrected chi connectivity index (χ0v) is 7.80. The van der Waals surface area contributed by atoms with Gasteiger partial charge in [0.25, 0.3) is 0 Å². The van der Waals surface area contributed by atoms with Gasteiger partial charge in [0.1, 0.15) is 0 Å². The summed E-state index contributed by atoms with van der Waals surface area (Å²) in [7, 11) is 0. The molecule has 1 aromatic heterocycles. The molecule has 5 nitrogen and oxygen atoms in total. The molecule has 1 aromatic carbocycles. The molecular formula is C8H7ClN4O. The number of hydrogen-bond acceptors (Lipinski definition) is 3. The van der Waals surface area contributed by atoms with Gasteiger partial charge in [0.15, 0.2) is 5.82 Å². The van der Waals surface area contributed by atoms with Crippen molar-refractivity contribution in [2.45, 2.75) is 0 Å². The van der Waals surface area contributed by atoms with Gasteiger partial charge in [-0.05, 0) is 18.2 Å². The normalized spacial score (nSPS) is 10.4. The summed E-state index contributed by atoms with van der Waals surface area (Å²) in [4.78, 5) is 13.3. The third-order valence-corrected chi connectivity index (χ3v) is 2.01. The van der Waals surface area contributed by atoms with E-state index in [1.165, 1.54) is 0 Å². The minimum absolute atomic E-state index is 0.366. The first-order chi connectivity index (χ1) is 6.66. The van der Waals surface area contributed by atoms with Crippen molar-refractivity contribution in [2.75, 3.05) is 5.73 Å². The van der Waals surface area contributed by atoms with Crippen LogP contribution in [-0.2, 0) is 0 Å². The third kappa shape index (κ3) is 1.49. The number of H-pyrrole nitrogens is 2. The van der Waals surface area contributed by atoms with Crippen molar-refractivity contribution in [1.82, 2.24) is 15.2 Å². The van der Waals surface area contributed by atoms with Gasteiger partial charge in [0.05, 0.1) is 0 Å². The molecule has 0 amide bonds.